The van der Waals surface area contributed by atoms with Gasteiger partial charge in [-0.3, -0.25) is 15.1 Å². The standard InChI is InChI=1S/C16H13ClN4OS/c1-8-20-21-16(23-8)19-15(22)14-10-3-2-4-12(10)18-13-6-5-9(17)7-11(13)14/h5-7H,2-4H2,1H3,(H,19,21,22). The van der Waals surface area contributed by atoms with Crippen LogP contribution < -0.4 is 5.32 Å². The summed E-state index contributed by atoms with van der Waals surface area (Å²) in [6, 6.07) is 5.47. The van der Waals surface area contributed by atoms with Crippen LogP contribution >= 0.6 is 22.9 Å². The highest BCUT2D eigenvalue weighted by Gasteiger charge is 2.24. The van der Waals surface area contributed by atoms with Gasteiger partial charge >= 0.3 is 0 Å². The van der Waals surface area contributed by atoms with Gasteiger partial charge in [0.2, 0.25) is 5.13 Å². The molecule has 0 atom stereocenters. The Balaban J connectivity index is 1.87. The summed E-state index contributed by atoms with van der Waals surface area (Å²) in [5.74, 6) is -0.172. The number of carbonyl (C=O) groups is 1. The number of pyridine rings is 1. The zero-order valence-corrected chi connectivity index (χ0v) is 14.0. The first-order valence-electron chi connectivity index (χ1n) is 7.34. The molecule has 1 amide bonds. The van der Waals surface area contributed by atoms with Gasteiger partial charge in [0.1, 0.15) is 5.01 Å². The van der Waals surface area contributed by atoms with Gasteiger partial charge in [-0.1, -0.05) is 22.9 Å². The summed E-state index contributed by atoms with van der Waals surface area (Å²) in [5, 5.41) is 13.5. The number of halogens is 1. The van der Waals surface area contributed by atoms with E-state index in [1.165, 1.54) is 11.3 Å². The normalized spacial score (nSPS) is 13.3. The van der Waals surface area contributed by atoms with E-state index in [-0.39, 0.29) is 5.91 Å². The Morgan fingerprint density at radius 2 is 2.17 bits per heavy atom. The van der Waals surface area contributed by atoms with Gasteiger partial charge in [-0.15, -0.1) is 10.2 Å². The fraction of sp³-hybridized carbons (Fsp3) is 0.250. The summed E-state index contributed by atoms with van der Waals surface area (Å²) in [4.78, 5) is 17.6. The maximum Gasteiger partial charge on any atom is 0.258 e. The highest BCUT2D eigenvalue weighted by atomic mass is 35.5. The van der Waals surface area contributed by atoms with Gasteiger partial charge < -0.3 is 0 Å². The van der Waals surface area contributed by atoms with E-state index >= 15 is 0 Å². The first-order chi connectivity index (χ1) is 11.1. The Hall–Kier alpha value is -2.05. The Morgan fingerprint density at radius 3 is 2.96 bits per heavy atom. The monoisotopic (exact) mass is 344 g/mol. The fourth-order valence-corrected chi connectivity index (χ4v) is 3.76. The molecule has 0 saturated heterocycles. The molecule has 1 aromatic carbocycles. The number of amides is 1. The van der Waals surface area contributed by atoms with Crippen molar-refractivity contribution in [1.29, 1.82) is 0 Å². The van der Waals surface area contributed by atoms with E-state index in [4.69, 9.17) is 11.6 Å². The minimum atomic E-state index is -0.172. The molecule has 0 fully saturated rings. The van der Waals surface area contributed by atoms with Crippen molar-refractivity contribution in [2.75, 3.05) is 5.32 Å². The van der Waals surface area contributed by atoms with E-state index < -0.39 is 0 Å². The van der Waals surface area contributed by atoms with Gasteiger partial charge in [-0.05, 0) is 49.9 Å². The van der Waals surface area contributed by atoms with E-state index in [0.29, 0.717) is 15.7 Å². The molecule has 116 valence electrons. The molecular weight excluding hydrogens is 332 g/mol. The second-order valence-electron chi connectivity index (χ2n) is 5.51. The van der Waals surface area contributed by atoms with Crippen LogP contribution in [0.25, 0.3) is 10.9 Å². The van der Waals surface area contributed by atoms with Crippen molar-refractivity contribution < 1.29 is 4.79 Å². The van der Waals surface area contributed by atoms with Crippen molar-refractivity contribution in [2.24, 2.45) is 0 Å². The molecule has 0 spiro atoms. The van der Waals surface area contributed by atoms with E-state index in [2.05, 4.69) is 20.5 Å². The predicted octanol–water partition coefficient (Wildman–Crippen LogP) is 3.79. The average molecular weight is 345 g/mol. The molecule has 2 aromatic heterocycles. The van der Waals surface area contributed by atoms with Crippen molar-refractivity contribution in [3.05, 3.63) is 45.1 Å². The molecule has 0 unspecified atom stereocenters. The number of rotatable bonds is 2. The van der Waals surface area contributed by atoms with Gasteiger partial charge in [0, 0.05) is 16.1 Å². The Morgan fingerprint density at radius 1 is 1.30 bits per heavy atom. The number of nitrogens with zero attached hydrogens (tertiary/aromatic N) is 3. The lowest BCUT2D eigenvalue weighted by Gasteiger charge is -2.12. The third kappa shape index (κ3) is 2.58. The summed E-state index contributed by atoms with van der Waals surface area (Å²) in [5.41, 5.74) is 3.50. The predicted molar refractivity (Wildman–Crippen MR) is 91.4 cm³/mol. The van der Waals surface area contributed by atoms with Crippen molar-refractivity contribution in [3.63, 3.8) is 0 Å². The quantitative estimate of drug-likeness (QED) is 0.768. The van der Waals surface area contributed by atoms with E-state index in [1.54, 1.807) is 6.07 Å². The van der Waals surface area contributed by atoms with Crippen molar-refractivity contribution in [2.45, 2.75) is 26.2 Å². The average Bonchev–Trinajstić information content (AvgIpc) is 3.13. The summed E-state index contributed by atoms with van der Waals surface area (Å²) in [7, 11) is 0. The first kappa shape index (κ1) is 14.5. The zero-order chi connectivity index (χ0) is 16.0. The van der Waals surface area contributed by atoms with Crippen molar-refractivity contribution >= 4 is 44.9 Å². The Bertz CT molecular complexity index is 937. The number of hydrogen-bond acceptors (Lipinski definition) is 5. The molecular formula is C16H13ClN4OS. The van der Waals surface area contributed by atoms with Crippen LogP contribution in [-0.2, 0) is 12.8 Å². The molecule has 0 aliphatic heterocycles. The molecule has 0 saturated carbocycles. The van der Waals surface area contributed by atoms with Crippen LogP contribution in [0.5, 0.6) is 0 Å². The maximum absolute atomic E-state index is 12.9. The highest BCUT2D eigenvalue weighted by molar-refractivity contribution is 7.15. The molecule has 23 heavy (non-hydrogen) atoms. The van der Waals surface area contributed by atoms with E-state index in [9.17, 15) is 4.79 Å². The number of benzene rings is 1. The molecule has 2 heterocycles. The van der Waals surface area contributed by atoms with Crippen LogP contribution in [0.1, 0.15) is 33.0 Å². The van der Waals surface area contributed by atoms with Gasteiger partial charge in [0.15, 0.2) is 0 Å². The fourth-order valence-electron chi connectivity index (χ4n) is 3.00. The molecule has 7 heteroatoms. The van der Waals surface area contributed by atoms with Crippen LogP contribution in [0.3, 0.4) is 0 Å². The SMILES string of the molecule is Cc1nnc(NC(=O)c2c3c(nc4ccc(Cl)cc24)CCC3)s1. The Kier molecular flexibility index (Phi) is 3.50. The van der Waals surface area contributed by atoms with Crippen LogP contribution in [-0.4, -0.2) is 21.1 Å². The summed E-state index contributed by atoms with van der Waals surface area (Å²) >= 11 is 7.49. The lowest BCUT2D eigenvalue weighted by atomic mass is 10.0. The largest absolute Gasteiger partial charge is 0.296 e. The summed E-state index contributed by atoms with van der Waals surface area (Å²) < 4.78 is 0. The number of carbonyl (C=O) groups excluding carboxylic acids is 1. The molecule has 1 N–H and O–H groups in total. The molecule has 5 nitrogen and oxygen atoms in total. The molecule has 4 rings (SSSR count). The summed E-state index contributed by atoms with van der Waals surface area (Å²) in [6.45, 7) is 1.85. The van der Waals surface area contributed by atoms with Gasteiger partial charge in [0.05, 0.1) is 11.1 Å². The number of fused-ring (bicyclic) bond motifs is 2. The van der Waals surface area contributed by atoms with Crippen LogP contribution in [0.15, 0.2) is 18.2 Å². The zero-order valence-electron chi connectivity index (χ0n) is 12.4. The lowest BCUT2D eigenvalue weighted by Crippen LogP contribution is -2.15. The van der Waals surface area contributed by atoms with E-state index in [0.717, 1.165) is 46.4 Å². The molecule has 0 bridgehead atoms. The number of nitrogens with one attached hydrogen (secondary N) is 1. The Labute approximate surface area is 141 Å². The summed E-state index contributed by atoms with van der Waals surface area (Å²) in [6.07, 6.45) is 2.79. The lowest BCUT2D eigenvalue weighted by molar-refractivity contribution is 0.102. The first-order valence-corrected chi connectivity index (χ1v) is 8.54. The van der Waals surface area contributed by atoms with Crippen molar-refractivity contribution in [1.82, 2.24) is 15.2 Å². The number of aryl methyl sites for hydroxylation is 2. The van der Waals surface area contributed by atoms with E-state index in [1.807, 2.05) is 19.1 Å². The molecule has 1 aliphatic carbocycles. The van der Waals surface area contributed by atoms with Gasteiger partial charge in [-0.2, -0.15) is 0 Å². The minimum absolute atomic E-state index is 0.172. The third-order valence-electron chi connectivity index (χ3n) is 3.95. The van der Waals surface area contributed by atoms with Gasteiger partial charge in [0.25, 0.3) is 5.91 Å². The second kappa shape index (κ2) is 5.54. The second-order valence-corrected chi connectivity index (χ2v) is 7.13. The smallest absolute Gasteiger partial charge is 0.258 e. The molecule has 1 aliphatic rings. The number of anilines is 1. The van der Waals surface area contributed by atoms with Crippen LogP contribution in [0, 0.1) is 6.92 Å². The third-order valence-corrected chi connectivity index (χ3v) is 4.94. The number of hydrogen-bond donors (Lipinski definition) is 1. The molecule has 0 radical (unpaired) electrons. The van der Waals surface area contributed by atoms with Crippen LogP contribution in [0.4, 0.5) is 5.13 Å². The minimum Gasteiger partial charge on any atom is -0.296 e. The van der Waals surface area contributed by atoms with Gasteiger partial charge in [-0.25, -0.2) is 0 Å². The highest BCUT2D eigenvalue weighted by Crippen LogP contribution is 2.32. The molecule has 3 aromatic rings. The van der Waals surface area contributed by atoms with Crippen LogP contribution in [0.2, 0.25) is 5.02 Å². The van der Waals surface area contributed by atoms with Crippen molar-refractivity contribution in [3.8, 4) is 0 Å². The maximum atomic E-state index is 12.9. The number of aromatic nitrogens is 3. The topological polar surface area (TPSA) is 67.8 Å².